The molecule has 0 aromatic heterocycles. The predicted octanol–water partition coefficient (Wildman–Crippen LogP) is -4.50. The van der Waals surface area contributed by atoms with Crippen molar-refractivity contribution in [2.45, 2.75) is 0 Å². The number of carbonyl (C=O) groups is 2. The van der Waals surface area contributed by atoms with Crippen LogP contribution in [-0.4, -0.2) is 19.6 Å². The van der Waals surface area contributed by atoms with Crippen molar-refractivity contribution in [2.75, 3.05) is 0 Å². The van der Waals surface area contributed by atoms with E-state index in [2.05, 4.69) is 14.0 Å². The summed E-state index contributed by atoms with van der Waals surface area (Å²) >= 11 is 0. The zero-order valence-electron chi connectivity index (χ0n) is 5.03. The molecule has 48 valence electrons. The number of carbonyl (C=O) groups excluding carboxylic acids is 2. The van der Waals surface area contributed by atoms with Gasteiger partial charge in [-0.05, 0) is 0 Å². The van der Waals surface area contributed by atoms with Crippen LogP contribution in [0, 0.1) is 0 Å². The molecule has 0 atom stereocenters. The maximum Gasteiger partial charge on any atom is 1.00 e. The van der Waals surface area contributed by atoms with Crippen molar-refractivity contribution in [3.63, 3.8) is 0 Å². The number of hydrogen-bond donors (Lipinski definition) is 0. The predicted molar refractivity (Wildman–Crippen MR) is 19.8 cm³/mol. The van der Waals surface area contributed by atoms with E-state index in [0.29, 0.717) is 0 Å². The third-order valence-corrected chi connectivity index (χ3v) is 0.577. The van der Waals surface area contributed by atoms with E-state index in [1.54, 1.807) is 0 Å². The second-order valence-electron chi connectivity index (χ2n) is 1.14. The van der Waals surface area contributed by atoms with Gasteiger partial charge in [-0.2, -0.15) is 0 Å². The van der Waals surface area contributed by atoms with E-state index in [1.807, 2.05) is 0 Å². The molecule has 0 aromatic rings. The van der Waals surface area contributed by atoms with Crippen molar-refractivity contribution < 1.29 is 80.0 Å². The average Bonchev–Trinajstić information content (AvgIpc) is 1.60. The van der Waals surface area contributed by atoms with Gasteiger partial charge in [-0.3, -0.25) is 0 Å². The Balaban J connectivity index is 0.000000810. The zero-order chi connectivity index (χ0) is 6.85. The van der Waals surface area contributed by atoms with Gasteiger partial charge in [0, 0.05) is 0 Å². The molecule has 0 N–H and O–H groups in total. The quantitative estimate of drug-likeness (QED) is 0.368. The molecule has 10 heavy (non-hydrogen) atoms. The summed E-state index contributed by atoms with van der Waals surface area (Å²) in [5.74, 6) is 0. The van der Waals surface area contributed by atoms with Crippen LogP contribution in [-0.2, 0) is 14.0 Å². The summed E-state index contributed by atoms with van der Waals surface area (Å²) in [5.41, 5.74) is 0. The van der Waals surface area contributed by atoms with E-state index >= 15 is 0 Å². The van der Waals surface area contributed by atoms with Gasteiger partial charge in [-0.25, -0.2) is 4.79 Å². The van der Waals surface area contributed by atoms with E-state index in [1.165, 1.54) is 0 Å². The van der Waals surface area contributed by atoms with Crippen LogP contribution in [0.2, 0.25) is 0 Å². The van der Waals surface area contributed by atoms with Crippen molar-refractivity contribution >= 4 is 19.6 Å². The molecule has 1 saturated heterocycles. The third kappa shape index (κ3) is 2.88. The Bertz CT molecular complexity index is 150. The Kier molecular flexibility index (Phi) is 4.29. The Morgan fingerprint density at radius 2 is 2.10 bits per heavy atom. The minimum Gasteiger partial charge on any atom is -0.531 e. The topological polar surface area (TPSA) is 84.9 Å². The van der Waals surface area contributed by atoms with Crippen LogP contribution >= 0.6 is 0 Å². The largest absolute Gasteiger partial charge is 1.00 e. The molecule has 0 bridgehead atoms. The molecule has 6 nitrogen and oxygen atoms in total. The first kappa shape index (κ1) is 10.2. The van der Waals surface area contributed by atoms with Gasteiger partial charge in [0.15, 0.2) is 0 Å². The Labute approximate surface area is 98.4 Å². The molecule has 1 aliphatic heterocycles. The first-order valence-electron chi connectivity index (χ1n) is 1.93. The molecule has 0 aliphatic carbocycles. The molecule has 0 radical (unpaired) electrons. The van der Waals surface area contributed by atoms with Gasteiger partial charge in [0.05, 0.1) is 0 Å². The summed E-state index contributed by atoms with van der Waals surface area (Å²) in [6.07, 6.45) is -2.76. The normalized spacial score (nSPS) is 13.6. The molecular formula is C2BKO6. The van der Waals surface area contributed by atoms with Crippen molar-refractivity contribution in [1.82, 2.24) is 0 Å². The molecule has 0 amide bonds. The minimum atomic E-state index is -1.80. The van der Waals surface area contributed by atoms with E-state index in [9.17, 15) is 14.7 Å². The standard InChI is InChI=1S/C2HBO6.K/c4-1(5)7-3-8-2(6)9-3;/h(H,4,5);/q;+1/p-1. The summed E-state index contributed by atoms with van der Waals surface area (Å²) in [4.78, 5) is 19.3. The second-order valence-corrected chi connectivity index (χ2v) is 1.14. The fourth-order valence-corrected chi connectivity index (χ4v) is 0.293. The molecule has 0 saturated carbocycles. The average molecular weight is 170 g/mol. The molecular weight excluding hydrogens is 170 g/mol. The SMILES string of the molecule is O=C([O-])OB1OC(=O)O1.[K+]. The Hall–Kier alpha value is 0.241. The molecule has 0 spiro atoms. The van der Waals surface area contributed by atoms with Gasteiger partial charge in [0.2, 0.25) is 6.16 Å². The summed E-state index contributed by atoms with van der Waals surface area (Å²) in [5, 5.41) is 9.50. The Morgan fingerprint density at radius 3 is 2.40 bits per heavy atom. The van der Waals surface area contributed by atoms with E-state index < -0.39 is 19.6 Å². The zero-order valence-corrected chi connectivity index (χ0v) is 8.15. The van der Waals surface area contributed by atoms with E-state index in [0.717, 1.165) is 0 Å². The molecule has 0 unspecified atom stereocenters. The maximum absolute atomic E-state index is 9.75. The summed E-state index contributed by atoms with van der Waals surface area (Å²) in [6, 6.07) is 0. The van der Waals surface area contributed by atoms with Crippen LogP contribution in [0.3, 0.4) is 0 Å². The fourth-order valence-electron chi connectivity index (χ4n) is 0.293. The smallest absolute Gasteiger partial charge is 0.531 e. The Morgan fingerprint density at radius 1 is 1.60 bits per heavy atom. The minimum absolute atomic E-state index is 0. The number of hydrogen-bond acceptors (Lipinski definition) is 6. The van der Waals surface area contributed by atoms with Gasteiger partial charge in [-0.1, -0.05) is 0 Å². The van der Waals surface area contributed by atoms with Crippen LogP contribution in [0.1, 0.15) is 0 Å². The van der Waals surface area contributed by atoms with Crippen LogP contribution in [0.25, 0.3) is 0 Å². The number of carboxylic acid groups (broad SMARTS) is 1. The van der Waals surface area contributed by atoms with Crippen LogP contribution in [0.15, 0.2) is 0 Å². The molecule has 1 fully saturated rings. The first-order chi connectivity index (χ1) is 4.18. The number of rotatable bonds is 1. The maximum atomic E-state index is 9.75. The van der Waals surface area contributed by atoms with Crippen molar-refractivity contribution in [3.05, 3.63) is 0 Å². The monoisotopic (exact) mass is 170 g/mol. The second kappa shape index (κ2) is 4.19. The van der Waals surface area contributed by atoms with Crippen LogP contribution < -0.4 is 56.5 Å². The van der Waals surface area contributed by atoms with Gasteiger partial charge >= 0.3 is 64.9 Å². The molecule has 1 heterocycles. The first-order valence-corrected chi connectivity index (χ1v) is 1.93. The summed E-state index contributed by atoms with van der Waals surface area (Å²) in [7, 11) is -1.43. The van der Waals surface area contributed by atoms with Crippen molar-refractivity contribution in [1.29, 1.82) is 0 Å². The summed E-state index contributed by atoms with van der Waals surface area (Å²) < 4.78 is 11.6. The van der Waals surface area contributed by atoms with Crippen LogP contribution in [0.5, 0.6) is 0 Å². The van der Waals surface area contributed by atoms with E-state index in [-0.39, 0.29) is 51.4 Å². The van der Waals surface area contributed by atoms with Crippen molar-refractivity contribution in [3.8, 4) is 0 Å². The van der Waals surface area contributed by atoms with Crippen molar-refractivity contribution in [2.24, 2.45) is 0 Å². The molecule has 1 aliphatic rings. The summed E-state index contributed by atoms with van der Waals surface area (Å²) in [6.45, 7) is 0. The van der Waals surface area contributed by atoms with Gasteiger partial charge in [0.25, 0.3) is 0 Å². The van der Waals surface area contributed by atoms with Gasteiger partial charge in [0.1, 0.15) is 0 Å². The van der Waals surface area contributed by atoms with Gasteiger partial charge < -0.3 is 23.9 Å². The fraction of sp³-hybridized carbons (Fsp3) is 0. The molecule has 8 heteroatoms. The third-order valence-electron chi connectivity index (χ3n) is 0.577. The van der Waals surface area contributed by atoms with E-state index in [4.69, 9.17) is 0 Å². The van der Waals surface area contributed by atoms with Crippen LogP contribution in [0.4, 0.5) is 9.59 Å². The molecule has 0 aromatic carbocycles. The van der Waals surface area contributed by atoms with Gasteiger partial charge in [-0.15, -0.1) is 0 Å². The molecule has 1 rings (SSSR count).